The Morgan fingerprint density at radius 2 is 1.28 bits per heavy atom. The van der Waals surface area contributed by atoms with Gasteiger partial charge in [0.15, 0.2) is 0 Å². The fraction of sp³-hybridized carbons (Fsp3) is 0.538. The molecule has 0 amide bonds. The molecule has 0 heterocycles. The molecular weight excluding hydrogens is 431 g/mol. The van der Waals surface area contributed by atoms with Crippen molar-refractivity contribution in [1.29, 1.82) is 0 Å². The fourth-order valence-corrected chi connectivity index (χ4v) is 4.25. The third-order valence-corrected chi connectivity index (χ3v) is 6.43. The second-order valence-electron chi connectivity index (χ2n) is 8.28. The van der Waals surface area contributed by atoms with Crippen LogP contribution in [0, 0.1) is 0 Å². The van der Waals surface area contributed by atoms with Crippen molar-refractivity contribution in [2.24, 2.45) is 0 Å². The van der Waals surface area contributed by atoms with Crippen LogP contribution in [-0.2, 0) is 16.5 Å². The van der Waals surface area contributed by atoms with Gasteiger partial charge in [-0.3, -0.25) is 0 Å². The number of para-hydroxylation sites is 1. The molecule has 0 radical (unpaired) electrons. The molecule has 0 unspecified atom stereocenters. The minimum Gasteiger partial charge on any atom is -0.744 e. The van der Waals surface area contributed by atoms with Crippen LogP contribution in [0.2, 0.25) is 0 Å². The molecule has 0 saturated carbocycles. The van der Waals surface area contributed by atoms with E-state index < -0.39 is 10.1 Å². The predicted molar refractivity (Wildman–Crippen MR) is 126 cm³/mol. The van der Waals surface area contributed by atoms with Gasteiger partial charge in [-0.2, -0.15) is 0 Å². The van der Waals surface area contributed by atoms with Gasteiger partial charge in [0, 0.05) is 0 Å². The average Bonchev–Trinajstić information content (AvgIpc) is 2.75. The zero-order chi connectivity index (χ0) is 22.4. The van der Waals surface area contributed by atoms with E-state index in [0.29, 0.717) is 11.5 Å². The van der Waals surface area contributed by atoms with Crippen molar-refractivity contribution in [3.63, 3.8) is 0 Å². The molecule has 172 valence electrons. The zero-order valence-corrected chi connectivity index (χ0v) is 22.7. The Morgan fingerprint density at radius 3 is 1.81 bits per heavy atom. The van der Waals surface area contributed by atoms with Crippen LogP contribution in [-0.4, -0.2) is 13.0 Å². The van der Waals surface area contributed by atoms with E-state index in [4.69, 9.17) is 4.74 Å². The Balaban J connectivity index is 0.00000512. The topological polar surface area (TPSA) is 66.4 Å². The molecule has 0 spiro atoms. The van der Waals surface area contributed by atoms with Crippen molar-refractivity contribution in [2.75, 3.05) is 0 Å². The Morgan fingerprint density at radius 1 is 0.750 bits per heavy atom. The molecule has 0 aliphatic carbocycles. The van der Waals surface area contributed by atoms with Crippen LogP contribution in [0.15, 0.2) is 53.4 Å². The number of hydrogen-bond acceptors (Lipinski definition) is 4. The van der Waals surface area contributed by atoms with Gasteiger partial charge in [-0.25, -0.2) is 8.42 Å². The molecule has 2 aromatic carbocycles. The Kier molecular flexibility index (Phi) is 15.2. The van der Waals surface area contributed by atoms with Crippen molar-refractivity contribution >= 4 is 10.1 Å². The van der Waals surface area contributed by atoms with Gasteiger partial charge in [0.2, 0.25) is 0 Å². The maximum atomic E-state index is 11.4. The summed E-state index contributed by atoms with van der Waals surface area (Å²) in [6, 6.07) is 13.7. The number of hydrogen-bond donors (Lipinski definition) is 0. The van der Waals surface area contributed by atoms with Gasteiger partial charge in [-0.1, -0.05) is 102 Å². The molecule has 2 rings (SSSR count). The summed E-state index contributed by atoms with van der Waals surface area (Å²) in [4.78, 5) is -0.253. The minimum absolute atomic E-state index is 0. The Hall–Kier alpha value is -0.850. The van der Waals surface area contributed by atoms with Crippen molar-refractivity contribution in [2.45, 2.75) is 95.3 Å². The summed E-state index contributed by atoms with van der Waals surface area (Å²) in [5.41, 5.74) is 0.934. The van der Waals surface area contributed by atoms with Crippen molar-refractivity contribution in [3.8, 4) is 11.5 Å². The molecule has 32 heavy (non-hydrogen) atoms. The first kappa shape index (κ1) is 29.2. The van der Waals surface area contributed by atoms with E-state index in [1.54, 1.807) is 6.07 Å². The van der Waals surface area contributed by atoms with E-state index in [2.05, 4.69) is 6.92 Å². The van der Waals surface area contributed by atoms with Crippen molar-refractivity contribution in [3.05, 3.63) is 54.1 Å². The quantitative estimate of drug-likeness (QED) is 0.205. The van der Waals surface area contributed by atoms with Gasteiger partial charge >= 0.3 is 29.6 Å². The van der Waals surface area contributed by atoms with E-state index in [9.17, 15) is 13.0 Å². The fourth-order valence-electron chi connectivity index (χ4n) is 3.76. The standard InChI is InChI=1S/C26H38O4S.Na/c1-2-3-4-5-6-7-8-9-10-11-12-14-17-23-20-21-25(31(27,28)29)22-26(23)30-24-18-15-13-16-19-24;/h13,15-16,18-22H,2-12,14,17H2,1H3,(H,27,28,29);/q;+1/p-1. The summed E-state index contributed by atoms with van der Waals surface area (Å²) in [6.07, 6.45) is 16.3. The van der Waals surface area contributed by atoms with E-state index in [-0.39, 0.29) is 34.5 Å². The second kappa shape index (κ2) is 16.7. The van der Waals surface area contributed by atoms with Crippen LogP contribution in [0.1, 0.15) is 89.5 Å². The summed E-state index contributed by atoms with van der Waals surface area (Å²) in [5.74, 6) is 1.07. The number of rotatable bonds is 16. The molecule has 0 bridgehead atoms. The van der Waals surface area contributed by atoms with Gasteiger partial charge in [0.25, 0.3) is 0 Å². The van der Waals surface area contributed by atoms with Crippen LogP contribution in [0.3, 0.4) is 0 Å². The Labute approximate surface area is 217 Å². The van der Waals surface area contributed by atoms with E-state index >= 15 is 0 Å². The van der Waals surface area contributed by atoms with Crippen LogP contribution in [0.5, 0.6) is 11.5 Å². The molecule has 0 saturated heterocycles. The van der Waals surface area contributed by atoms with Gasteiger partial charge in [-0.15, -0.1) is 0 Å². The maximum Gasteiger partial charge on any atom is 1.00 e. The summed E-state index contributed by atoms with van der Waals surface area (Å²) in [6.45, 7) is 2.25. The molecular formula is C26H37NaO4S. The zero-order valence-electron chi connectivity index (χ0n) is 19.9. The summed E-state index contributed by atoms with van der Waals surface area (Å²) in [7, 11) is -4.51. The molecule has 6 heteroatoms. The number of aryl methyl sites for hydroxylation is 1. The smallest absolute Gasteiger partial charge is 0.744 e. The van der Waals surface area contributed by atoms with Crippen LogP contribution in [0.4, 0.5) is 0 Å². The average molecular weight is 469 g/mol. The predicted octanol–water partition coefficient (Wildman–Crippen LogP) is 4.63. The van der Waals surface area contributed by atoms with Crippen LogP contribution < -0.4 is 34.3 Å². The van der Waals surface area contributed by atoms with E-state index in [0.717, 1.165) is 24.8 Å². The third kappa shape index (κ3) is 11.9. The summed E-state index contributed by atoms with van der Waals surface area (Å²) in [5, 5.41) is 0. The normalized spacial score (nSPS) is 11.2. The number of ether oxygens (including phenoxy) is 1. The monoisotopic (exact) mass is 468 g/mol. The van der Waals surface area contributed by atoms with E-state index in [1.807, 2.05) is 30.3 Å². The molecule has 0 N–H and O–H groups in total. The SMILES string of the molecule is CCCCCCCCCCCCCCc1ccc(S(=O)(=O)[O-])cc1Oc1ccccc1.[Na+]. The van der Waals surface area contributed by atoms with Gasteiger partial charge < -0.3 is 9.29 Å². The second-order valence-corrected chi connectivity index (χ2v) is 9.66. The molecule has 4 nitrogen and oxygen atoms in total. The molecule has 0 fully saturated rings. The van der Waals surface area contributed by atoms with Crippen LogP contribution in [0.25, 0.3) is 0 Å². The Bertz CT molecular complexity index is 853. The molecule has 0 aliphatic rings. The molecule has 0 aliphatic heterocycles. The van der Waals surface area contributed by atoms with Gasteiger partial charge in [-0.05, 0) is 42.7 Å². The van der Waals surface area contributed by atoms with Gasteiger partial charge in [0.05, 0.1) is 4.90 Å². The molecule has 2 aromatic rings. The maximum absolute atomic E-state index is 11.4. The number of unbranched alkanes of at least 4 members (excludes halogenated alkanes) is 11. The number of benzene rings is 2. The minimum atomic E-state index is -4.51. The van der Waals surface area contributed by atoms with E-state index in [1.165, 1.54) is 76.3 Å². The third-order valence-electron chi connectivity index (χ3n) is 5.60. The van der Waals surface area contributed by atoms with Crippen LogP contribution >= 0.6 is 0 Å². The summed E-state index contributed by atoms with van der Waals surface area (Å²) < 4.78 is 40.1. The van der Waals surface area contributed by atoms with Gasteiger partial charge in [0.1, 0.15) is 21.6 Å². The first-order valence-corrected chi connectivity index (χ1v) is 13.2. The largest absolute Gasteiger partial charge is 1.00 e. The first-order chi connectivity index (χ1) is 15.0. The molecule has 0 atom stereocenters. The molecule has 0 aromatic heterocycles. The van der Waals surface area contributed by atoms with Crippen molar-refractivity contribution < 1.29 is 47.3 Å². The first-order valence-electron chi connectivity index (χ1n) is 11.8. The summed E-state index contributed by atoms with van der Waals surface area (Å²) >= 11 is 0. The van der Waals surface area contributed by atoms with Crippen molar-refractivity contribution in [1.82, 2.24) is 0 Å².